The third-order valence-corrected chi connectivity index (χ3v) is 6.49. The molecule has 0 radical (unpaired) electrons. The first-order chi connectivity index (χ1) is 15.6. The fourth-order valence-electron chi connectivity index (χ4n) is 4.84. The summed E-state index contributed by atoms with van der Waals surface area (Å²) in [6.07, 6.45) is 5.92. The Morgan fingerprint density at radius 1 is 1.03 bits per heavy atom. The van der Waals surface area contributed by atoms with E-state index in [1.54, 1.807) is 43.4 Å². The number of nitrogens with one attached hydrogen (secondary N) is 1. The molecule has 2 aliphatic rings. The molecule has 172 valence electrons. The maximum atomic E-state index is 13.4. The van der Waals surface area contributed by atoms with E-state index in [4.69, 9.17) is 13.9 Å². The number of piperazine rings is 1. The number of ether oxygens (including phenoxy) is 2. The number of carbonyl (C=O) groups is 2. The molecule has 1 N–H and O–H groups in total. The average molecular weight is 442 g/mol. The monoisotopic (exact) mass is 441 g/mol. The number of hydrogen-bond acceptors (Lipinski definition) is 6. The largest absolute Gasteiger partial charge is 0.493 e. The van der Waals surface area contributed by atoms with Gasteiger partial charge in [-0.05, 0) is 43.0 Å². The van der Waals surface area contributed by atoms with E-state index in [2.05, 4.69) is 10.2 Å². The van der Waals surface area contributed by atoms with Crippen LogP contribution in [0.2, 0.25) is 0 Å². The SMILES string of the molecule is COc1ccc(NC(=O)C(C2CCCC2)N2CCN(C(=O)c3ccco3)CC2)cc1OC. The van der Waals surface area contributed by atoms with Crippen molar-refractivity contribution >= 4 is 17.5 Å². The van der Waals surface area contributed by atoms with E-state index in [-0.39, 0.29) is 17.9 Å². The number of carbonyl (C=O) groups excluding carboxylic acids is 2. The minimum absolute atomic E-state index is 0.00469. The van der Waals surface area contributed by atoms with Gasteiger partial charge in [0.1, 0.15) is 0 Å². The summed E-state index contributed by atoms with van der Waals surface area (Å²) in [4.78, 5) is 30.1. The summed E-state index contributed by atoms with van der Waals surface area (Å²) in [5.74, 6) is 1.78. The molecule has 0 spiro atoms. The molecule has 0 bridgehead atoms. The fourth-order valence-corrected chi connectivity index (χ4v) is 4.84. The zero-order valence-electron chi connectivity index (χ0n) is 18.7. The van der Waals surface area contributed by atoms with E-state index in [0.29, 0.717) is 55.0 Å². The highest BCUT2D eigenvalue weighted by Crippen LogP contribution is 2.33. The molecule has 1 aromatic heterocycles. The van der Waals surface area contributed by atoms with Crippen molar-refractivity contribution in [2.24, 2.45) is 5.92 Å². The van der Waals surface area contributed by atoms with Crippen molar-refractivity contribution in [3.8, 4) is 11.5 Å². The minimum atomic E-state index is -0.216. The predicted molar refractivity (Wildman–Crippen MR) is 120 cm³/mol. The molecule has 8 nitrogen and oxygen atoms in total. The van der Waals surface area contributed by atoms with Crippen molar-refractivity contribution in [3.63, 3.8) is 0 Å². The van der Waals surface area contributed by atoms with Crippen LogP contribution in [0.3, 0.4) is 0 Å². The van der Waals surface area contributed by atoms with Crippen molar-refractivity contribution in [1.29, 1.82) is 0 Å². The number of rotatable bonds is 7. The molecule has 1 aliphatic carbocycles. The van der Waals surface area contributed by atoms with Crippen LogP contribution in [0.25, 0.3) is 0 Å². The molecule has 32 heavy (non-hydrogen) atoms. The molecule has 1 aliphatic heterocycles. The maximum absolute atomic E-state index is 13.4. The van der Waals surface area contributed by atoms with Gasteiger partial charge in [-0.25, -0.2) is 0 Å². The van der Waals surface area contributed by atoms with E-state index in [1.807, 2.05) is 6.07 Å². The van der Waals surface area contributed by atoms with Crippen LogP contribution >= 0.6 is 0 Å². The molecule has 1 saturated heterocycles. The topological polar surface area (TPSA) is 84.3 Å². The van der Waals surface area contributed by atoms with E-state index in [0.717, 1.165) is 25.7 Å². The third-order valence-electron chi connectivity index (χ3n) is 6.49. The predicted octanol–water partition coefficient (Wildman–Crippen LogP) is 3.25. The minimum Gasteiger partial charge on any atom is -0.493 e. The Hall–Kier alpha value is -3.00. The van der Waals surface area contributed by atoms with Gasteiger partial charge < -0.3 is 24.1 Å². The van der Waals surface area contributed by atoms with Crippen LogP contribution in [0.15, 0.2) is 41.0 Å². The van der Waals surface area contributed by atoms with Crippen LogP contribution in [-0.2, 0) is 4.79 Å². The summed E-state index contributed by atoms with van der Waals surface area (Å²) in [6, 6.07) is 8.59. The summed E-state index contributed by atoms with van der Waals surface area (Å²) in [5.41, 5.74) is 0.683. The summed E-state index contributed by atoms with van der Waals surface area (Å²) in [7, 11) is 3.16. The number of hydrogen-bond donors (Lipinski definition) is 1. The average Bonchev–Trinajstić information content (AvgIpc) is 3.54. The van der Waals surface area contributed by atoms with E-state index < -0.39 is 0 Å². The highest BCUT2D eigenvalue weighted by molar-refractivity contribution is 5.95. The van der Waals surface area contributed by atoms with E-state index in [1.165, 1.54) is 6.26 Å². The lowest BCUT2D eigenvalue weighted by atomic mass is 9.94. The first-order valence-corrected chi connectivity index (χ1v) is 11.2. The lowest BCUT2D eigenvalue weighted by Gasteiger charge is -2.40. The molecule has 1 aromatic carbocycles. The maximum Gasteiger partial charge on any atom is 0.289 e. The summed E-state index contributed by atoms with van der Waals surface area (Å²) in [5, 5.41) is 3.09. The van der Waals surface area contributed by atoms with Gasteiger partial charge >= 0.3 is 0 Å². The molecule has 2 amide bonds. The Bertz CT molecular complexity index is 916. The van der Waals surface area contributed by atoms with Crippen LogP contribution in [0.4, 0.5) is 5.69 Å². The van der Waals surface area contributed by atoms with Crippen LogP contribution in [0, 0.1) is 5.92 Å². The smallest absolute Gasteiger partial charge is 0.289 e. The second-order valence-electron chi connectivity index (χ2n) is 8.35. The van der Waals surface area contributed by atoms with Gasteiger partial charge in [0.2, 0.25) is 5.91 Å². The van der Waals surface area contributed by atoms with Gasteiger partial charge in [-0.3, -0.25) is 14.5 Å². The molecule has 1 unspecified atom stereocenters. The van der Waals surface area contributed by atoms with Crippen molar-refractivity contribution in [2.45, 2.75) is 31.7 Å². The standard InChI is InChI=1S/C24H31N3O5/c1-30-19-10-9-18(16-21(19)31-2)25-23(28)22(17-6-3-4-7-17)26-11-13-27(14-12-26)24(29)20-8-5-15-32-20/h5,8-10,15-17,22H,3-4,6-7,11-14H2,1-2H3,(H,25,28). The Morgan fingerprint density at radius 2 is 1.75 bits per heavy atom. The van der Waals surface area contributed by atoms with Gasteiger partial charge in [0.25, 0.3) is 5.91 Å². The fraction of sp³-hybridized carbons (Fsp3) is 0.500. The van der Waals surface area contributed by atoms with Crippen LogP contribution in [0.5, 0.6) is 11.5 Å². The number of methoxy groups -OCH3 is 2. The van der Waals surface area contributed by atoms with Crippen molar-refractivity contribution in [2.75, 3.05) is 45.7 Å². The molecular formula is C24H31N3O5. The first kappa shape index (κ1) is 22.2. The number of anilines is 1. The van der Waals surface area contributed by atoms with Gasteiger partial charge in [0.15, 0.2) is 17.3 Å². The number of benzene rings is 1. The lowest BCUT2D eigenvalue weighted by Crippen LogP contribution is -2.56. The number of furan rings is 1. The number of nitrogens with zero attached hydrogens (tertiary/aromatic N) is 2. The van der Waals surface area contributed by atoms with Gasteiger partial charge in [0, 0.05) is 37.9 Å². The van der Waals surface area contributed by atoms with Gasteiger partial charge in [0.05, 0.1) is 26.5 Å². The van der Waals surface area contributed by atoms with Gasteiger partial charge in [-0.15, -0.1) is 0 Å². The highest BCUT2D eigenvalue weighted by Gasteiger charge is 2.37. The van der Waals surface area contributed by atoms with E-state index >= 15 is 0 Å². The van der Waals surface area contributed by atoms with Gasteiger partial charge in [-0.2, -0.15) is 0 Å². The first-order valence-electron chi connectivity index (χ1n) is 11.2. The molecular weight excluding hydrogens is 410 g/mol. The number of amides is 2. The molecule has 1 atom stereocenters. The van der Waals surface area contributed by atoms with Crippen LogP contribution in [-0.4, -0.2) is 68.1 Å². The second-order valence-corrected chi connectivity index (χ2v) is 8.35. The normalized spacial score (nSPS) is 18.4. The molecule has 8 heteroatoms. The van der Waals surface area contributed by atoms with Crippen molar-refractivity contribution in [1.82, 2.24) is 9.80 Å². The molecule has 2 aromatic rings. The molecule has 1 saturated carbocycles. The highest BCUT2D eigenvalue weighted by atomic mass is 16.5. The zero-order chi connectivity index (χ0) is 22.5. The van der Waals surface area contributed by atoms with Crippen molar-refractivity contribution in [3.05, 3.63) is 42.4 Å². The zero-order valence-corrected chi connectivity index (χ0v) is 18.7. The van der Waals surface area contributed by atoms with Crippen molar-refractivity contribution < 1.29 is 23.5 Å². The molecule has 2 heterocycles. The van der Waals surface area contributed by atoms with Crippen LogP contribution in [0.1, 0.15) is 36.2 Å². The Labute approximate surface area is 188 Å². The quantitative estimate of drug-likeness (QED) is 0.710. The Morgan fingerprint density at radius 3 is 2.38 bits per heavy atom. The van der Waals surface area contributed by atoms with Gasteiger partial charge in [-0.1, -0.05) is 12.8 Å². The second kappa shape index (κ2) is 10.1. The molecule has 4 rings (SSSR count). The van der Waals surface area contributed by atoms with Crippen LogP contribution < -0.4 is 14.8 Å². The summed E-state index contributed by atoms with van der Waals surface area (Å²) in [6.45, 7) is 2.47. The van der Waals surface area contributed by atoms with E-state index in [9.17, 15) is 9.59 Å². The summed E-state index contributed by atoms with van der Waals surface area (Å²) >= 11 is 0. The Balaban J connectivity index is 1.45. The molecule has 2 fully saturated rings. The third kappa shape index (κ3) is 4.75. The Kier molecular flexibility index (Phi) is 6.99. The lowest BCUT2D eigenvalue weighted by molar-refractivity contribution is -0.123. The summed E-state index contributed by atoms with van der Waals surface area (Å²) < 4.78 is 15.9.